The Morgan fingerprint density at radius 2 is 0.678 bits per heavy atom. The van der Waals surface area contributed by atoms with Gasteiger partial charge in [0, 0.05) is 40.1 Å². The van der Waals surface area contributed by atoms with E-state index in [4.69, 9.17) is 0 Å². The summed E-state index contributed by atoms with van der Waals surface area (Å²) in [6.07, 6.45) is 22.0. The van der Waals surface area contributed by atoms with Gasteiger partial charge in [0.15, 0.2) is 0 Å². The number of rotatable bonds is 0. The van der Waals surface area contributed by atoms with Gasteiger partial charge in [-0.15, -0.1) is 0 Å². The Morgan fingerprint density at radius 3 is 1.15 bits per heavy atom. The van der Waals surface area contributed by atoms with E-state index >= 15 is 4.57 Å². The molecule has 0 N–H and O–H groups in total. The molecule has 15 rings (SSSR count). The zero-order valence-electron chi connectivity index (χ0n) is 32.4. The van der Waals surface area contributed by atoms with Crippen molar-refractivity contribution in [2.75, 3.05) is 0 Å². The molecule has 0 saturated carbocycles. The third-order valence-electron chi connectivity index (χ3n) is 16.9. The first-order chi connectivity index (χ1) is 29.2. The predicted molar refractivity (Wildman–Crippen MR) is 239 cm³/mol. The molecule has 2 heteroatoms. The van der Waals surface area contributed by atoms with Crippen molar-refractivity contribution in [2.45, 2.75) is 33.2 Å². The van der Waals surface area contributed by atoms with Crippen LogP contribution in [0.25, 0.3) is 33.4 Å². The van der Waals surface area contributed by atoms with Crippen molar-refractivity contribution in [3.05, 3.63) is 250 Å². The fourth-order valence-electron chi connectivity index (χ4n) is 15.6. The topological polar surface area (TPSA) is 17.1 Å². The van der Waals surface area contributed by atoms with Crippen LogP contribution in [0.15, 0.2) is 217 Å². The minimum Gasteiger partial charge on any atom is -0.322 e. The van der Waals surface area contributed by atoms with E-state index < -0.39 is 23.4 Å². The molecule has 3 spiro atoms. The molecule has 6 aromatic carbocycles. The van der Waals surface area contributed by atoms with Gasteiger partial charge in [0.1, 0.15) is 7.14 Å². The highest BCUT2D eigenvalue weighted by Crippen LogP contribution is 2.89. The van der Waals surface area contributed by atoms with E-state index in [9.17, 15) is 0 Å². The van der Waals surface area contributed by atoms with Crippen LogP contribution in [0.5, 0.6) is 0 Å². The van der Waals surface area contributed by atoms with Crippen LogP contribution in [0.3, 0.4) is 0 Å². The molecule has 6 aromatic rings. The van der Waals surface area contributed by atoms with Crippen molar-refractivity contribution >= 4 is 7.14 Å². The summed E-state index contributed by atoms with van der Waals surface area (Å²) in [5, 5.41) is 0. The highest BCUT2D eigenvalue weighted by molar-refractivity contribution is 7.67. The molecule has 0 radical (unpaired) electrons. The normalized spacial score (nSPS) is 30.3. The summed E-state index contributed by atoms with van der Waals surface area (Å²) in [4.78, 5) is 0. The number of fused-ring (bicyclic) bond motifs is 21. The minimum atomic E-state index is -3.23. The highest BCUT2D eigenvalue weighted by Gasteiger charge is 2.79. The zero-order chi connectivity index (χ0) is 38.5. The van der Waals surface area contributed by atoms with E-state index in [2.05, 4.69) is 200 Å². The van der Waals surface area contributed by atoms with Gasteiger partial charge in [-0.3, -0.25) is 0 Å². The van der Waals surface area contributed by atoms with Gasteiger partial charge in [-0.25, -0.2) is 0 Å². The fourth-order valence-corrected chi connectivity index (χ4v) is 21.3. The van der Waals surface area contributed by atoms with Crippen molar-refractivity contribution in [1.82, 2.24) is 0 Å². The van der Waals surface area contributed by atoms with Crippen LogP contribution < -0.4 is 0 Å². The van der Waals surface area contributed by atoms with Gasteiger partial charge >= 0.3 is 0 Å². The Morgan fingerprint density at radius 1 is 0.356 bits per heavy atom. The van der Waals surface area contributed by atoms with Gasteiger partial charge < -0.3 is 4.57 Å². The molecule has 3 aliphatic heterocycles. The Labute approximate surface area is 344 Å². The SMILES string of the molecule is O=P12C3C4=CC=CC3C3(C5=CC=CC(C51)C1(c5ccccc5-c5ccccc51)C1C=CC=C(C12)C41c2ccccc2-c2ccccc21)c1ccccc1-c1ccccc13. The molecule has 59 heavy (non-hydrogen) atoms. The van der Waals surface area contributed by atoms with Gasteiger partial charge in [-0.1, -0.05) is 200 Å². The molecule has 3 fully saturated rings. The number of benzene rings is 6. The molecular formula is C57H39OP. The monoisotopic (exact) mass is 770 g/mol. The third kappa shape index (κ3) is 3.12. The molecule has 7 unspecified atom stereocenters. The highest BCUT2D eigenvalue weighted by atomic mass is 31.2. The van der Waals surface area contributed by atoms with Gasteiger partial charge in [0.05, 0.1) is 10.8 Å². The largest absolute Gasteiger partial charge is 0.322 e. The van der Waals surface area contributed by atoms with Crippen molar-refractivity contribution in [3.63, 3.8) is 0 Å². The molecule has 3 heterocycles. The summed E-state index contributed by atoms with van der Waals surface area (Å²) in [7, 11) is -3.23. The Kier molecular flexibility index (Phi) is 5.63. The molecule has 0 aromatic heterocycles. The van der Waals surface area contributed by atoms with Crippen molar-refractivity contribution in [1.29, 1.82) is 0 Å². The lowest BCUT2D eigenvalue weighted by Gasteiger charge is -2.71. The first-order valence-electron chi connectivity index (χ1n) is 21.5. The Bertz CT molecular complexity index is 3040. The van der Waals surface area contributed by atoms with Crippen LogP contribution in [0, 0.1) is 17.8 Å². The predicted octanol–water partition coefficient (Wildman–Crippen LogP) is 12.7. The molecule has 0 bridgehead atoms. The summed E-state index contributed by atoms with van der Waals surface area (Å²) in [5.41, 5.74) is 18.2. The van der Waals surface area contributed by atoms with Crippen molar-refractivity contribution < 1.29 is 4.57 Å². The van der Waals surface area contributed by atoms with Gasteiger partial charge in [0.25, 0.3) is 0 Å². The third-order valence-corrected chi connectivity index (χ3v) is 21.3. The second-order valence-corrected chi connectivity index (χ2v) is 21.6. The summed E-state index contributed by atoms with van der Waals surface area (Å²) in [6.45, 7) is 0. The van der Waals surface area contributed by atoms with E-state index in [-0.39, 0.29) is 34.7 Å². The van der Waals surface area contributed by atoms with Gasteiger partial charge in [-0.2, -0.15) is 0 Å². The number of hydrogen-bond donors (Lipinski definition) is 0. The fraction of sp³-hybridized carbons (Fsp3) is 0.158. The molecule has 7 atom stereocenters. The van der Waals surface area contributed by atoms with E-state index in [1.807, 2.05) is 0 Å². The Balaban J connectivity index is 1.15. The maximum absolute atomic E-state index is 18.3. The molecule has 0 amide bonds. The summed E-state index contributed by atoms with van der Waals surface area (Å²) >= 11 is 0. The lowest BCUT2D eigenvalue weighted by atomic mass is 9.48. The van der Waals surface area contributed by atoms with Gasteiger partial charge in [-0.05, 0) is 83.5 Å². The maximum Gasteiger partial charge on any atom is 0.110 e. The quantitative estimate of drug-likeness (QED) is 0.141. The van der Waals surface area contributed by atoms with Crippen molar-refractivity contribution in [2.24, 2.45) is 17.8 Å². The summed E-state index contributed by atoms with van der Waals surface area (Å²) in [5.74, 6) is -0.0501. The van der Waals surface area contributed by atoms with E-state index in [0.29, 0.717) is 0 Å². The summed E-state index contributed by atoms with van der Waals surface area (Å²) in [6, 6.07) is 55.3. The van der Waals surface area contributed by atoms with Crippen LogP contribution in [-0.4, -0.2) is 17.0 Å². The van der Waals surface area contributed by atoms with Crippen LogP contribution in [-0.2, 0) is 20.8 Å². The maximum atomic E-state index is 18.3. The lowest BCUT2D eigenvalue weighted by Crippen LogP contribution is -2.68. The van der Waals surface area contributed by atoms with E-state index in [1.54, 1.807) is 0 Å². The van der Waals surface area contributed by atoms with Crippen molar-refractivity contribution in [3.8, 4) is 33.4 Å². The standard InChI is InChI=1S/C57H39OP/c58-59-52-46-28-13-30-48(52)56(42-24-9-3-18-36(42)37-19-4-10-25-43(37)56)50-32-15-33-51(54(50)59)57(44-26-11-5-20-38(44)39-21-6-12-27-45(39)57)49-31-14-29-47(53(49)59)55(46)40-22-7-1-16-34(40)35-17-2-8-23-41(35)55/h1-33,46-47,50,52-54H. The molecule has 1 nitrogen and oxygen atoms in total. The van der Waals surface area contributed by atoms with Crippen LogP contribution >= 0.6 is 7.14 Å². The van der Waals surface area contributed by atoms with E-state index in [1.165, 1.54) is 83.5 Å². The first-order valence-corrected chi connectivity index (χ1v) is 23.4. The van der Waals surface area contributed by atoms with Crippen LogP contribution in [0.1, 0.15) is 33.4 Å². The zero-order valence-corrected chi connectivity index (χ0v) is 33.3. The Hall–Kier alpha value is -6.01. The second kappa shape index (κ2) is 10.4. The average molecular weight is 771 g/mol. The molecular weight excluding hydrogens is 732 g/mol. The smallest absolute Gasteiger partial charge is 0.110 e. The van der Waals surface area contributed by atoms with Gasteiger partial charge in [0.2, 0.25) is 0 Å². The van der Waals surface area contributed by atoms with Crippen LogP contribution in [0.2, 0.25) is 0 Å². The summed E-state index contributed by atoms with van der Waals surface area (Å²) < 4.78 is 18.3. The second-order valence-electron chi connectivity index (χ2n) is 18.4. The molecule has 3 saturated heterocycles. The van der Waals surface area contributed by atoms with Crippen LogP contribution in [0.4, 0.5) is 0 Å². The number of allylic oxidation sites excluding steroid dienone is 12. The first kappa shape index (κ1) is 31.9. The molecule has 278 valence electrons. The average Bonchev–Trinajstić information content (AvgIpc) is 3.88. The minimum absolute atomic E-state index is 0.00881. The number of hydrogen-bond acceptors (Lipinski definition) is 1. The molecule has 9 aliphatic rings. The van der Waals surface area contributed by atoms with E-state index in [0.717, 1.165) is 0 Å². The molecule has 6 aliphatic carbocycles. The lowest BCUT2D eigenvalue weighted by molar-refractivity contribution is 0.227.